The summed E-state index contributed by atoms with van der Waals surface area (Å²) in [6.45, 7) is 1.92. The van der Waals surface area contributed by atoms with Crippen LogP contribution in [0.4, 0.5) is 10.5 Å². The first-order chi connectivity index (χ1) is 8.65. The van der Waals surface area contributed by atoms with Gasteiger partial charge in [-0.2, -0.15) is 0 Å². The molecule has 2 N–H and O–H groups in total. The normalized spacial score (nSPS) is 15.1. The Morgan fingerprint density at radius 2 is 2.11 bits per heavy atom. The van der Waals surface area contributed by atoms with Crippen molar-refractivity contribution in [3.8, 4) is 0 Å². The molecule has 1 atom stereocenters. The number of rotatable bonds is 3. The van der Waals surface area contributed by atoms with Gasteiger partial charge in [-0.25, -0.2) is 4.79 Å². The first-order valence-corrected chi connectivity index (χ1v) is 6.49. The minimum absolute atomic E-state index is 0.0598. The molecule has 94 valence electrons. The van der Waals surface area contributed by atoms with Crippen molar-refractivity contribution >= 4 is 33.4 Å². The third kappa shape index (κ3) is 3.43. The first-order valence-electron chi connectivity index (χ1n) is 5.70. The zero-order chi connectivity index (χ0) is 13.0. The number of carbonyl (C=O) groups excluding carboxylic acids is 1. The summed E-state index contributed by atoms with van der Waals surface area (Å²) in [5.74, 6) is 0. The molecule has 2 rings (SSSR count). The van der Waals surface area contributed by atoms with Crippen molar-refractivity contribution in [1.82, 2.24) is 5.32 Å². The number of nitrogens with one attached hydrogen (secondary N) is 2. The number of hydrogen-bond acceptors (Lipinski definition) is 2. The molecule has 0 radical (unpaired) electrons. The molecule has 4 nitrogen and oxygen atoms in total. The van der Waals surface area contributed by atoms with Crippen molar-refractivity contribution in [3.05, 3.63) is 41.0 Å². The number of urea groups is 1. The van der Waals surface area contributed by atoms with E-state index in [4.69, 9.17) is 0 Å². The molecule has 18 heavy (non-hydrogen) atoms. The second-order valence-electron chi connectivity index (χ2n) is 4.04. The van der Waals surface area contributed by atoms with Crippen LogP contribution in [0.3, 0.4) is 0 Å². The molecule has 1 unspecified atom stereocenters. The summed E-state index contributed by atoms with van der Waals surface area (Å²) in [6, 6.07) is 7.15. The summed E-state index contributed by atoms with van der Waals surface area (Å²) in [4.78, 5) is 15.9. The maximum Gasteiger partial charge on any atom is 0.319 e. The van der Waals surface area contributed by atoms with Gasteiger partial charge in [-0.15, -0.1) is 0 Å². The molecule has 0 aliphatic carbocycles. The van der Waals surface area contributed by atoms with Crippen LogP contribution in [0.1, 0.15) is 13.3 Å². The third-order valence-electron chi connectivity index (χ3n) is 2.62. The van der Waals surface area contributed by atoms with E-state index in [0.29, 0.717) is 0 Å². The molecule has 0 bridgehead atoms. The topological polar surface area (TPSA) is 53.5 Å². The van der Waals surface area contributed by atoms with Crippen LogP contribution in [0, 0.1) is 0 Å². The highest BCUT2D eigenvalue weighted by molar-refractivity contribution is 9.10. The van der Waals surface area contributed by atoms with E-state index < -0.39 is 0 Å². The molecule has 0 aromatic heterocycles. The molecule has 0 fully saturated rings. The van der Waals surface area contributed by atoms with Crippen molar-refractivity contribution in [2.24, 2.45) is 4.99 Å². The number of benzene rings is 1. The lowest BCUT2D eigenvalue weighted by Crippen LogP contribution is -2.40. The van der Waals surface area contributed by atoms with Crippen LogP contribution in [0.15, 0.2) is 46.0 Å². The molecule has 1 aliphatic heterocycles. The van der Waals surface area contributed by atoms with Gasteiger partial charge in [0.1, 0.15) is 0 Å². The average molecular weight is 308 g/mol. The highest BCUT2D eigenvalue weighted by atomic mass is 79.9. The molecule has 1 aromatic rings. The summed E-state index contributed by atoms with van der Waals surface area (Å²) in [5, 5.41) is 5.63. The summed E-state index contributed by atoms with van der Waals surface area (Å²) in [6.07, 6.45) is 4.54. The molecular formula is C13H14BrN3O. The fourth-order valence-corrected chi connectivity index (χ4v) is 1.91. The lowest BCUT2D eigenvalue weighted by atomic mass is 10.1. The summed E-state index contributed by atoms with van der Waals surface area (Å²) >= 11 is 3.35. The fraction of sp³-hybridized carbons (Fsp3) is 0.231. The maximum absolute atomic E-state index is 11.8. The standard InChI is InChI=1S/C13H14BrN3O/c1-9(12-3-2-8-15-12)16-13(18)17-11-6-4-10(14)5-7-11/h2,4-9H,3H2,1H3,(H2,16,17,18). The van der Waals surface area contributed by atoms with Crippen LogP contribution in [-0.2, 0) is 0 Å². The fourth-order valence-electron chi connectivity index (χ4n) is 1.64. The number of hydrogen-bond donors (Lipinski definition) is 2. The van der Waals surface area contributed by atoms with Crippen molar-refractivity contribution in [2.45, 2.75) is 19.4 Å². The predicted molar refractivity (Wildman–Crippen MR) is 77.0 cm³/mol. The van der Waals surface area contributed by atoms with Crippen molar-refractivity contribution in [1.29, 1.82) is 0 Å². The number of amides is 2. The molecule has 1 aromatic carbocycles. The summed E-state index contributed by atoms with van der Waals surface area (Å²) in [5.41, 5.74) is 1.73. The quantitative estimate of drug-likeness (QED) is 0.884. The Hall–Kier alpha value is -1.62. The van der Waals surface area contributed by atoms with Crippen LogP contribution in [0.5, 0.6) is 0 Å². The highest BCUT2D eigenvalue weighted by Crippen LogP contribution is 2.14. The van der Waals surface area contributed by atoms with E-state index >= 15 is 0 Å². The molecule has 1 heterocycles. The van der Waals surface area contributed by atoms with Crippen molar-refractivity contribution < 1.29 is 4.79 Å². The zero-order valence-electron chi connectivity index (χ0n) is 9.98. The van der Waals surface area contributed by atoms with Gasteiger partial charge in [-0.05, 0) is 31.2 Å². The summed E-state index contributed by atoms with van der Waals surface area (Å²) < 4.78 is 0.980. The molecule has 5 heteroatoms. The van der Waals surface area contributed by atoms with Gasteiger partial charge in [-0.1, -0.05) is 22.0 Å². The van der Waals surface area contributed by atoms with Gasteiger partial charge >= 0.3 is 6.03 Å². The van der Waals surface area contributed by atoms with Gasteiger partial charge in [0.05, 0.1) is 6.04 Å². The van der Waals surface area contributed by atoms with Gasteiger partial charge in [0, 0.05) is 28.5 Å². The molecule has 0 spiro atoms. The molecule has 2 amide bonds. The van der Waals surface area contributed by atoms with E-state index in [2.05, 4.69) is 31.6 Å². The monoisotopic (exact) mass is 307 g/mol. The molecule has 0 saturated carbocycles. The minimum atomic E-state index is -0.223. The van der Waals surface area contributed by atoms with E-state index in [9.17, 15) is 4.79 Å². The number of carbonyl (C=O) groups is 1. The first kappa shape index (κ1) is 12.8. The maximum atomic E-state index is 11.8. The zero-order valence-corrected chi connectivity index (χ0v) is 11.6. The van der Waals surface area contributed by atoms with Crippen molar-refractivity contribution in [3.63, 3.8) is 0 Å². The highest BCUT2D eigenvalue weighted by Gasteiger charge is 2.14. The van der Waals surface area contributed by atoms with Crippen LogP contribution < -0.4 is 10.6 Å². The second kappa shape index (κ2) is 5.82. The lowest BCUT2D eigenvalue weighted by Gasteiger charge is -2.14. The molecular weight excluding hydrogens is 294 g/mol. The van der Waals surface area contributed by atoms with E-state index in [1.807, 2.05) is 37.3 Å². The van der Waals surface area contributed by atoms with Crippen LogP contribution >= 0.6 is 15.9 Å². The molecule has 0 saturated heterocycles. The van der Waals surface area contributed by atoms with Crippen molar-refractivity contribution in [2.75, 3.05) is 5.32 Å². The Morgan fingerprint density at radius 1 is 1.39 bits per heavy atom. The predicted octanol–water partition coefficient (Wildman–Crippen LogP) is 3.32. The minimum Gasteiger partial charge on any atom is -0.330 e. The van der Waals surface area contributed by atoms with Gasteiger partial charge in [0.15, 0.2) is 0 Å². The number of anilines is 1. The SMILES string of the molecule is CC(NC(=O)Nc1ccc(Br)cc1)C1=NC=CC1. The average Bonchev–Trinajstić information content (AvgIpc) is 2.85. The number of halogens is 1. The van der Waals surface area contributed by atoms with Crippen LogP contribution in [0.2, 0.25) is 0 Å². The van der Waals surface area contributed by atoms with E-state index in [1.165, 1.54) is 0 Å². The number of nitrogens with zero attached hydrogens (tertiary/aromatic N) is 1. The smallest absolute Gasteiger partial charge is 0.319 e. The van der Waals surface area contributed by atoms with E-state index in [-0.39, 0.29) is 12.1 Å². The van der Waals surface area contributed by atoms with Gasteiger partial charge < -0.3 is 10.6 Å². The third-order valence-corrected chi connectivity index (χ3v) is 3.15. The Bertz CT molecular complexity index is 493. The van der Waals surface area contributed by atoms with Gasteiger partial charge in [0.25, 0.3) is 0 Å². The van der Waals surface area contributed by atoms with Crippen LogP contribution in [-0.4, -0.2) is 17.8 Å². The Kier molecular flexibility index (Phi) is 4.15. The number of allylic oxidation sites excluding steroid dienone is 1. The lowest BCUT2D eigenvalue weighted by molar-refractivity contribution is 0.251. The Balaban J connectivity index is 1.86. The van der Waals surface area contributed by atoms with E-state index in [0.717, 1.165) is 22.3 Å². The van der Waals surface area contributed by atoms with Gasteiger partial charge in [0.2, 0.25) is 0 Å². The molecule has 1 aliphatic rings. The van der Waals surface area contributed by atoms with Gasteiger partial charge in [-0.3, -0.25) is 4.99 Å². The Morgan fingerprint density at radius 3 is 2.72 bits per heavy atom. The number of aliphatic imine (C=N–C) groups is 1. The van der Waals surface area contributed by atoms with E-state index in [1.54, 1.807) is 6.20 Å². The second-order valence-corrected chi connectivity index (χ2v) is 4.95. The Labute approximate surface area is 114 Å². The van der Waals surface area contributed by atoms with Crippen LogP contribution in [0.25, 0.3) is 0 Å². The summed E-state index contributed by atoms with van der Waals surface area (Å²) in [7, 11) is 0. The largest absolute Gasteiger partial charge is 0.330 e.